The molecule has 0 bridgehead atoms. The van der Waals surface area contributed by atoms with Gasteiger partial charge in [-0.1, -0.05) is 55.4 Å². The zero-order chi connectivity index (χ0) is 24.6. The zero-order valence-corrected chi connectivity index (χ0v) is 23.9. The van der Waals surface area contributed by atoms with Crippen molar-refractivity contribution < 1.29 is 43.3 Å². The Kier molecular flexibility index (Phi) is 28.9. The van der Waals surface area contributed by atoms with E-state index >= 15 is 0 Å². The molecule has 0 saturated carbocycles. The minimum absolute atomic E-state index is 1.33. The first kappa shape index (κ1) is 35.9. The molecule has 0 aromatic heterocycles. The van der Waals surface area contributed by atoms with Gasteiger partial charge in [0.2, 0.25) is 0 Å². The van der Waals surface area contributed by atoms with Gasteiger partial charge in [0.1, 0.15) is 0 Å². The minimum atomic E-state index is -3.91. The van der Waals surface area contributed by atoms with Crippen molar-refractivity contribution in [1.82, 2.24) is 0 Å². The third-order valence-electron chi connectivity index (χ3n) is 5.65. The van der Waals surface area contributed by atoms with Crippen LogP contribution < -0.4 is 8.95 Å². The summed E-state index contributed by atoms with van der Waals surface area (Å²) < 4.78 is 23.2. The van der Waals surface area contributed by atoms with E-state index in [0.717, 1.165) is 0 Å². The number of rotatable bonds is 17. The van der Waals surface area contributed by atoms with Gasteiger partial charge in [-0.25, -0.2) is 0 Å². The van der Waals surface area contributed by atoms with Gasteiger partial charge < -0.3 is 8.97 Å². The van der Waals surface area contributed by atoms with Crippen LogP contribution in [-0.2, 0) is 25.4 Å². The zero-order valence-electron chi connectivity index (χ0n) is 22.3. The van der Waals surface area contributed by atoms with E-state index in [1.165, 1.54) is 113 Å². The second kappa shape index (κ2) is 24.9. The second-order valence-electron chi connectivity index (χ2n) is 8.81. The Morgan fingerprint density at radius 2 is 0.645 bits per heavy atom. The summed E-state index contributed by atoms with van der Waals surface area (Å²) in [4.78, 5) is 0. The van der Waals surface area contributed by atoms with Gasteiger partial charge in [-0.15, -0.1) is 0 Å². The molecule has 0 fully saturated rings. The fourth-order valence-corrected chi connectivity index (χ4v) is 5.14. The van der Waals surface area contributed by atoms with Gasteiger partial charge in [-0.05, 0) is 51.4 Å². The van der Waals surface area contributed by atoms with Crippen LogP contribution in [0, 0.1) is 0 Å². The van der Waals surface area contributed by atoms with Gasteiger partial charge in [0, 0.05) is 0 Å². The molecule has 0 aliphatic carbocycles. The molecule has 0 unspecified atom stereocenters. The molecule has 0 heterocycles. The number of quaternary nitrogens is 2. The van der Waals surface area contributed by atoms with Crippen molar-refractivity contribution in [3.05, 3.63) is 0 Å². The summed E-state index contributed by atoms with van der Waals surface area (Å²) in [7, 11) is 0. The van der Waals surface area contributed by atoms with E-state index in [1.807, 2.05) is 0 Å². The van der Waals surface area contributed by atoms with Gasteiger partial charge in [0.25, 0.3) is 0 Å². The van der Waals surface area contributed by atoms with Crippen molar-refractivity contribution in [2.75, 3.05) is 52.4 Å². The SMILES string of the molecule is CCC[N+](CCC)(CCC)CCC.CCC[N+](CCC)(CCC)CCC.[O]=[Ti]([O-])[O][O-]. The molecular formula is C24H56N2O4Ti. The van der Waals surface area contributed by atoms with Crippen molar-refractivity contribution >= 4 is 0 Å². The molecule has 0 rings (SSSR count). The average Bonchev–Trinajstić information content (AvgIpc) is 2.70. The Bertz CT molecular complexity index is 298. The molecule has 0 amide bonds. The van der Waals surface area contributed by atoms with Crippen molar-refractivity contribution in [2.24, 2.45) is 0 Å². The van der Waals surface area contributed by atoms with Gasteiger partial charge in [-0.3, -0.25) is 0 Å². The number of hydrogen-bond donors (Lipinski definition) is 0. The van der Waals surface area contributed by atoms with Crippen LogP contribution in [0.15, 0.2) is 0 Å². The summed E-state index contributed by atoms with van der Waals surface area (Å²) in [6, 6.07) is 0. The van der Waals surface area contributed by atoms with Crippen LogP contribution in [0.2, 0.25) is 0 Å². The predicted octanol–water partition coefficient (Wildman–Crippen LogP) is 4.32. The summed E-state index contributed by atoms with van der Waals surface area (Å²) in [5, 5.41) is 8.58. The van der Waals surface area contributed by atoms with Crippen LogP contribution >= 0.6 is 0 Å². The first-order chi connectivity index (χ1) is 14.8. The molecule has 0 aromatic rings. The Hall–Kier alpha value is 0.314. The quantitative estimate of drug-likeness (QED) is 0.133. The molecule has 31 heavy (non-hydrogen) atoms. The van der Waals surface area contributed by atoms with Gasteiger partial charge >= 0.3 is 34.4 Å². The monoisotopic (exact) mass is 484 g/mol. The average molecular weight is 485 g/mol. The molecule has 0 aliphatic heterocycles. The fraction of sp³-hybridized carbons (Fsp3) is 1.00. The predicted molar refractivity (Wildman–Crippen MR) is 124 cm³/mol. The van der Waals surface area contributed by atoms with Crippen LogP contribution in [0.4, 0.5) is 0 Å². The van der Waals surface area contributed by atoms with Crippen LogP contribution in [0.5, 0.6) is 0 Å². The molecule has 7 heteroatoms. The van der Waals surface area contributed by atoms with Crippen LogP contribution in [0.1, 0.15) is 107 Å². The third-order valence-corrected chi connectivity index (χ3v) is 5.86. The molecule has 0 N–H and O–H groups in total. The Morgan fingerprint density at radius 1 is 0.516 bits per heavy atom. The van der Waals surface area contributed by atoms with Gasteiger partial charge in [0.15, 0.2) is 0 Å². The standard InChI is InChI=1S/2C12H28N.O2.2O.Ti/c2*1-5-9-13(10-6-2,11-7-3)12-8-4;1-2;;;/h2*5-12H2,1-4H3;;;;/q2*+1;-2;;-1;+1. The Labute approximate surface area is 202 Å². The molecule has 0 aromatic carbocycles. The molecule has 0 saturated heterocycles. The molecule has 0 atom stereocenters. The normalized spacial score (nSPS) is 11.3. The summed E-state index contributed by atoms with van der Waals surface area (Å²) in [6.07, 6.45) is 10.7. The molecular weight excluding hydrogens is 428 g/mol. The van der Waals surface area contributed by atoms with E-state index in [0.29, 0.717) is 0 Å². The van der Waals surface area contributed by atoms with Crippen LogP contribution in [-0.4, -0.2) is 61.3 Å². The van der Waals surface area contributed by atoms with Crippen molar-refractivity contribution in [3.8, 4) is 0 Å². The summed E-state index contributed by atoms with van der Waals surface area (Å²) in [6.45, 7) is 29.6. The molecule has 6 nitrogen and oxygen atoms in total. The van der Waals surface area contributed by atoms with E-state index < -0.39 is 18.6 Å². The number of nitrogens with zero attached hydrogens (tertiary/aromatic N) is 2. The van der Waals surface area contributed by atoms with E-state index in [2.05, 4.69) is 58.9 Å². The summed E-state index contributed by atoms with van der Waals surface area (Å²) in [5.41, 5.74) is 0. The van der Waals surface area contributed by atoms with E-state index in [9.17, 15) is 0 Å². The van der Waals surface area contributed by atoms with Crippen LogP contribution in [0.25, 0.3) is 0 Å². The summed E-state index contributed by atoms with van der Waals surface area (Å²) >= 11 is -3.91. The first-order valence-electron chi connectivity index (χ1n) is 13.0. The Morgan fingerprint density at radius 3 is 0.710 bits per heavy atom. The van der Waals surface area contributed by atoms with E-state index in [4.69, 9.17) is 12.3 Å². The fourth-order valence-electron chi connectivity index (χ4n) is 5.14. The van der Waals surface area contributed by atoms with E-state index in [-0.39, 0.29) is 0 Å². The Balaban J connectivity index is -0.000000416. The van der Waals surface area contributed by atoms with Crippen LogP contribution in [0.3, 0.4) is 0 Å². The van der Waals surface area contributed by atoms with Crippen molar-refractivity contribution in [3.63, 3.8) is 0 Å². The molecule has 0 spiro atoms. The number of hydrogen-bond acceptors (Lipinski definition) is 4. The van der Waals surface area contributed by atoms with E-state index in [1.54, 1.807) is 0 Å². The molecule has 0 aliphatic rings. The second-order valence-corrected chi connectivity index (χ2v) is 9.85. The maximum absolute atomic E-state index is 8.97. The molecule has 0 radical (unpaired) electrons. The van der Waals surface area contributed by atoms with Crippen molar-refractivity contribution in [1.29, 1.82) is 0 Å². The topological polar surface area (TPSA) is 72.4 Å². The first-order valence-corrected chi connectivity index (χ1v) is 14.9. The molecule has 190 valence electrons. The van der Waals surface area contributed by atoms with Crippen molar-refractivity contribution in [2.45, 2.75) is 107 Å². The third kappa shape index (κ3) is 20.6. The maximum atomic E-state index is 8.97. The van der Waals surface area contributed by atoms with Gasteiger partial charge in [0.05, 0.1) is 52.4 Å². The van der Waals surface area contributed by atoms with Gasteiger partial charge in [-0.2, -0.15) is 0 Å². The summed E-state index contributed by atoms with van der Waals surface area (Å²) in [5.74, 6) is 0.